The Bertz CT molecular complexity index is 538. The van der Waals surface area contributed by atoms with Crippen molar-refractivity contribution in [2.75, 3.05) is 13.6 Å². The molecular weight excluding hydrogens is 240 g/mol. The van der Waals surface area contributed by atoms with E-state index in [0.717, 1.165) is 12.2 Å². The van der Waals surface area contributed by atoms with Gasteiger partial charge in [0.05, 0.1) is 5.69 Å². The second kappa shape index (κ2) is 4.48. The van der Waals surface area contributed by atoms with Gasteiger partial charge in [-0.2, -0.15) is 0 Å². The second-order valence-electron chi connectivity index (χ2n) is 5.21. The van der Waals surface area contributed by atoms with Crippen LogP contribution in [-0.4, -0.2) is 18.6 Å². The zero-order valence-electron chi connectivity index (χ0n) is 10.9. The van der Waals surface area contributed by atoms with Crippen molar-refractivity contribution in [2.24, 2.45) is 0 Å². The van der Waals surface area contributed by atoms with Crippen molar-refractivity contribution in [3.05, 3.63) is 40.2 Å². The third-order valence-corrected chi connectivity index (χ3v) is 4.76. The van der Waals surface area contributed by atoms with Gasteiger partial charge in [-0.05, 0) is 26.8 Å². The largest absolute Gasteiger partial charge is 0.319 e. The number of aryl methyl sites for hydroxylation is 1. The number of likely N-dealkylation sites (N-methyl/N-ethyl adjacent to an activating group) is 1. The van der Waals surface area contributed by atoms with Crippen LogP contribution in [-0.2, 0) is 5.41 Å². The van der Waals surface area contributed by atoms with Crippen molar-refractivity contribution in [1.29, 1.82) is 0 Å². The van der Waals surface area contributed by atoms with Crippen molar-refractivity contribution < 1.29 is 0 Å². The summed E-state index contributed by atoms with van der Waals surface area (Å²) in [7, 11) is 2.02. The summed E-state index contributed by atoms with van der Waals surface area (Å²) in [4.78, 5) is 4.84. The summed E-state index contributed by atoms with van der Waals surface area (Å²) in [5, 5.41) is 6.78. The fraction of sp³-hybridized carbons (Fsp3) is 0.400. The highest BCUT2D eigenvalue weighted by molar-refractivity contribution is 7.10. The number of rotatable bonds is 4. The molecule has 1 heterocycles. The van der Waals surface area contributed by atoms with E-state index in [0.29, 0.717) is 5.41 Å². The standard InChI is InChI=1S/C15H18N2S/c1-11-3-5-12(6-4-11)13-9-18-14(17-13)15(7-8-15)10-16-2/h3-6,9,16H,7-8,10H2,1-2H3. The maximum atomic E-state index is 4.84. The molecule has 0 aliphatic heterocycles. The van der Waals surface area contributed by atoms with Crippen molar-refractivity contribution in [3.63, 3.8) is 0 Å². The molecule has 18 heavy (non-hydrogen) atoms. The van der Waals surface area contributed by atoms with Crippen molar-refractivity contribution in [3.8, 4) is 11.3 Å². The fourth-order valence-electron chi connectivity index (χ4n) is 2.33. The second-order valence-corrected chi connectivity index (χ2v) is 6.07. The molecule has 1 aliphatic carbocycles. The molecule has 1 N–H and O–H groups in total. The highest BCUT2D eigenvalue weighted by atomic mass is 32.1. The van der Waals surface area contributed by atoms with E-state index in [1.807, 2.05) is 7.05 Å². The first-order chi connectivity index (χ1) is 8.73. The van der Waals surface area contributed by atoms with E-state index in [1.54, 1.807) is 11.3 Å². The zero-order valence-corrected chi connectivity index (χ0v) is 11.7. The molecule has 0 saturated heterocycles. The molecule has 1 aromatic heterocycles. The summed E-state index contributed by atoms with van der Waals surface area (Å²) in [6, 6.07) is 8.61. The lowest BCUT2D eigenvalue weighted by Crippen LogP contribution is -2.23. The van der Waals surface area contributed by atoms with E-state index in [9.17, 15) is 0 Å². The predicted octanol–water partition coefficient (Wildman–Crippen LogP) is 3.37. The van der Waals surface area contributed by atoms with Crippen LogP contribution in [0.5, 0.6) is 0 Å². The molecule has 1 fully saturated rings. The summed E-state index contributed by atoms with van der Waals surface area (Å²) in [6.45, 7) is 3.16. The Morgan fingerprint density at radius 3 is 2.61 bits per heavy atom. The number of benzene rings is 1. The molecule has 0 amide bonds. The van der Waals surface area contributed by atoms with Crippen LogP contribution in [0.15, 0.2) is 29.6 Å². The molecule has 0 atom stereocenters. The highest BCUT2D eigenvalue weighted by Crippen LogP contribution is 2.49. The average molecular weight is 258 g/mol. The molecule has 3 rings (SSSR count). The smallest absolute Gasteiger partial charge is 0.101 e. The van der Waals surface area contributed by atoms with Gasteiger partial charge < -0.3 is 5.32 Å². The Kier molecular flexibility index (Phi) is 2.96. The van der Waals surface area contributed by atoms with Gasteiger partial charge in [-0.25, -0.2) is 4.98 Å². The molecule has 2 aromatic rings. The fourth-order valence-corrected chi connectivity index (χ4v) is 3.42. The van der Waals surface area contributed by atoms with Crippen molar-refractivity contribution >= 4 is 11.3 Å². The summed E-state index contributed by atoms with van der Waals surface area (Å²) >= 11 is 1.81. The van der Waals surface area contributed by atoms with E-state index in [-0.39, 0.29) is 0 Å². The predicted molar refractivity (Wildman–Crippen MR) is 77.1 cm³/mol. The molecular formula is C15H18N2S. The lowest BCUT2D eigenvalue weighted by molar-refractivity contribution is 0.621. The van der Waals surface area contributed by atoms with Crippen LogP contribution in [0, 0.1) is 6.92 Å². The van der Waals surface area contributed by atoms with Crippen LogP contribution < -0.4 is 5.32 Å². The molecule has 0 bridgehead atoms. The lowest BCUT2D eigenvalue weighted by Gasteiger charge is -2.10. The van der Waals surface area contributed by atoms with Crippen molar-refractivity contribution in [1.82, 2.24) is 10.3 Å². The van der Waals surface area contributed by atoms with Gasteiger partial charge in [0.25, 0.3) is 0 Å². The first-order valence-electron chi connectivity index (χ1n) is 6.41. The third kappa shape index (κ3) is 2.08. The first kappa shape index (κ1) is 11.9. The molecule has 0 radical (unpaired) electrons. The quantitative estimate of drug-likeness (QED) is 0.909. The molecule has 0 unspecified atom stereocenters. The minimum absolute atomic E-state index is 0.336. The molecule has 1 aliphatic rings. The summed E-state index contributed by atoms with van der Waals surface area (Å²) < 4.78 is 0. The van der Waals surface area contributed by atoms with E-state index in [2.05, 4.69) is 41.9 Å². The Balaban J connectivity index is 1.88. The Morgan fingerprint density at radius 2 is 2.00 bits per heavy atom. The zero-order chi connectivity index (χ0) is 12.6. The van der Waals surface area contributed by atoms with Gasteiger partial charge in [0, 0.05) is 22.9 Å². The van der Waals surface area contributed by atoms with Gasteiger partial charge in [-0.15, -0.1) is 11.3 Å². The maximum absolute atomic E-state index is 4.84. The van der Waals surface area contributed by atoms with E-state index >= 15 is 0 Å². The molecule has 1 aromatic carbocycles. The molecule has 1 saturated carbocycles. The normalized spacial score (nSPS) is 16.8. The average Bonchev–Trinajstić information content (AvgIpc) is 2.99. The summed E-state index contributed by atoms with van der Waals surface area (Å²) in [5.74, 6) is 0. The van der Waals surface area contributed by atoms with Crippen LogP contribution in [0.25, 0.3) is 11.3 Å². The minimum Gasteiger partial charge on any atom is -0.319 e. The topological polar surface area (TPSA) is 24.9 Å². The van der Waals surface area contributed by atoms with Crippen LogP contribution in [0.3, 0.4) is 0 Å². The van der Waals surface area contributed by atoms with E-state index < -0.39 is 0 Å². The summed E-state index contributed by atoms with van der Waals surface area (Å²) in [5.41, 5.74) is 3.98. The Morgan fingerprint density at radius 1 is 1.28 bits per heavy atom. The monoisotopic (exact) mass is 258 g/mol. The van der Waals surface area contributed by atoms with Crippen LogP contribution in [0.1, 0.15) is 23.4 Å². The number of nitrogens with zero attached hydrogens (tertiary/aromatic N) is 1. The van der Waals surface area contributed by atoms with Crippen molar-refractivity contribution in [2.45, 2.75) is 25.2 Å². The number of hydrogen-bond acceptors (Lipinski definition) is 3. The van der Waals surface area contributed by atoms with Crippen LogP contribution in [0.2, 0.25) is 0 Å². The SMILES string of the molecule is CNCC1(c2nc(-c3ccc(C)cc3)cs2)CC1. The summed E-state index contributed by atoms with van der Waals surface area (Å²) in [6.07, 6.45) is 2.55. The van der Waals surface area contributed by atoms with Gasteiger partial charge in [0.2, 0.25) is 0 Å². The van der Waals surface area contributed by atoms with Gasteiger partial charge in [-0.3, -0.25) is 0 Å². The maximum Gasteiger partial charge on any atom is 0.101 e. The van der Waals surface area contributed by atoms with Crippen LogP contribution >= 0.6 is 11.3 Å². The highest BCUT2D eigenvalue weighted by Gasteiger charge is 2.46. The lowest BCUT2D eigenvalue weighted by atomic mass is 10.1. The molecule has 94 valence electrons. The van der Waals surface area contributed by atoms with Gasteiger partial charge in [-0.1, -0.05) is 29.8 Å². The first-order valence-corrected chi connectivity index (χ1v) is 7.29. The van der Waals surface area contributed by atoms with Crippen LogP contribution in [0.4, 0.5) is 0 Å². The Labute approximate surface area is 112 Å². The van der Waals surface area contributed by atoms with Gasteiger partial charge in [0.15, 0.2) is 0 Å². The molecule has 2 nitrogen and oxygen atoms in total. The number of hydrogen-bond donors (Lipinski definition) is 1. The van der Waals surface area contributed by atoms with E-state index in [1.165, 1.54) is 29.0 Å². The van der Waals surface area contributed by atoms with E-state index in [4.69, 9.17) is 4.98 Å². The number of thiazole rings is 1. The number of nitrogens with one attached hydrogen (secondary N) is 1. The van der Waals surface area contributed by atoms with Gasteiger partial charge >= 0.3 is 0 Å². The Hall–Kier alpha value is -1.19. The third-order valence-electron chi connectivity index (χ3n) is 3.67. The van der Waals surface area contributed by atoms with Gasteiger partial charge in [0.1, 0.15) is 5.01 Å². The minimum atomic E-state index is 0.336. The molecule has 0 spiro atoms. The number of aromatic nitrogens is 1. The molecule has 3 heteroatoms.